The van der Waals surface area contributed by atoms with Crippen LogP contribution in [0.2, 0.25) is 0 Å². The van der Waals surface area contributed by atoms with Gasteiger partial charge in [0.25, 0.3) is 0 Å². The van der Waals surface area contributed by atoms with Crippen molar-refractivity contribution < 1.29 is 4.74 Å². The predicted molar refractivity (Wildman–Crippen MR) is 85.8 cm³/mol. The van der Waals surface area contributed by atoms with Crippen molar-refractivity contribution in [3.63, 3.8) is 0 Å². The molecule has 0 amide bonds. The Hall–Kier alpha value is -0.730. The maximum absolute atomic E-state index is 6.65. The number of hydrogen-bond donors (Lipinski definition) is 1. The standard InChI is InChI=1S/C17H25NO.ClH/c1-17-9-5-3-4-6-13(16(17)18)10-12-7-8-14(19-2)11-15(12)17;/h7-8,11,13,16H,3-6,9-10,18H2,1-2H3;1H/t13?,16-,17+;/m0./s1. The third-order valence-corrected chi connectivity index (χ3v) is 5.43. The Morgan fingerprint density at radius 2 is 2.05 bits per heavy atom. The first-order valence-corrected chi connectivity index (χ1v) is 7.58. The molecule has 0 saturated heterocycles. The summed E-state index contributed by atoms with van der Waals surface area (Å²) in [6.45, 7) is 2.37. The Balaban J connectivity index is 0.00000147. The van der Waals surface area contributed by atoms with E-state index in [1.807, 2.05) is 0 Å². The average molecular weight is 296 g/mol. The summed E-state index contributed by atoms with van der Waals surface area (Å²) in [7, 11) is 1.74. The molecule has 0 radical (unpaired) electrons. The summed E-state index contributed by atoms with van der Waals surface area (Å²) in [6.07, 6.45) is 7.66. The van der Waals surface area contributed by atoms with Crippen LogP contribution in [0.3, 0.4) is 0 Å². The quantitative estimate of drug-likeness (QED) is 0.854. The van der Waals surface area contributed by atoms with Crippen LogP contribution in [0.4, 0.5) is 0 Å². The molecule has 2 N–H and O–H groups in total. The predicted octanol–water partition coefficient (Wildman–Crippen LogP) is 3.84. The molecule has 0 heterocycles. The number of benzene rings is 1. The topological polar surface area (TPSA) is 35.2 Å². The van der Waals surface area contributed by atoms with Gasteiger partial charge < -0.3 is 10.5 Å². The summed E-state index contributed by atoms with van der Waals surface area (Å²) >= 11 is 0. The van der Waals surface area contributed by atoms with Gasteiger partial charge in [-0.2, -0.15) is 0 Å². The number of rotatable bonds is 1. The molecule has 2 bridgehead atoms. The molecule has 20 heavy (non-hydrogen) atoms. The van der Waals surface area contributed by atoms with Crippen molar-refractivity contribution in [1.29, 1.82) is 0 Å². The van der Waals surface area contributed by atoms with E-state index in [2.05, 4.69) is 25.1 Å². The van der Waals surface area contributed by atoms with Gasteiger partial charge in [0, 0.05) is 11.5 Å². The van der Waals surface area contributed by atoms with Crippen LogP contribution in [0.5, 0.6) is 5.75 Å². The summed E-state index contributed by atoms with van der Waals surface area (Å²) in [5.41, 5.74) is 9.72. The number of ether oxygens (including phenoxy) is 1. The van der Waals surface area contributed by atoms with Crippen LogP contribution in [0, 0.1) is 5.92 Å². The molecular formula is C17H26ClNO. The summed E-state index contributed by atoms with van der Waals surface area (Å²) in [5, 5.41) is 0. The summed E-state index contributed by atoms with van der Waals surface area (Å²) in [4.78, 5) is 0. The summed E-state index contributed by atoms with van der Waals surface area (Å²) < 4.78 is 5.41. The molecule has 2 aliphatic rings. The summed E-state index contributed by atoms with van der Waals surface area (Å²) in [5.74, 6) is 1.62. The minimum Gasteiger partial charge on any atom is -0.497 e. The smallest absolute Gasteiger partial charge is 0.119 e. The Morgan fingerprint density at radius 3 is 2.80 bits per heavy atom. The van der Waals surface area contributed by atoms with Crippen molar-refractivity contribution in [2.24, 2.45) is 11.7 Å². The average Bonchev–Trinajstić information content (AvgIpc) is 2.43. The third-order valence-electron chi connectivity index (χ3n) is 5.43. The Bertz CT molecular complexity index is 476. The van der Waals surface area contributed by atoms with Gasteiger partial charge in [-0.1, -0.05) is 32.3 Å². The normalized spacial score (nSPS) is 32.4. The zero-order valence-corrected chi connectivity index (χ0v) is 13.3. The molecule has 1 saturated carbocycles. The van der Waals surface area contributed by atoms with Crippen LogP contribution < -0.4 is 10.5 Å². The molecule has 112 valence electrons. The van der Waals surface area contributed by atoms with Crippen molar-refractivity contribution in [3.05, 3.63) is 29.3 Å². The molecule has 3 rings (SSSR count). The lowest BCUT2D eigenvalue weighted by Gasteiger charge is -2.47. The number of nitrogens with two attached hydrogens (primary N) is 1. The van der Waals surface area contributed by atoms with Crippen molar-refractivity contribution in [3.8, 4) is 5.75 Å². The molecule has 2 aliphatic carbocycles. The van der Waals surface area contributed by atoms with Crippen molar-refractivity contribution in [1.82, 2.24) is 0 Å². The van der Waals surface area contributed by atoms with Gasteiger partial charge in [0.15, 0.2) is 0 Å². The van der Waals surface area contributed by atoms with Crippen molar-refractivity contribution in [2.75, 3.05) is 7.11 Å². The number of methoxy groups -OCH3 is 1. The Morgan fingerprint density at radius 1 is 1.25 bits per heavy atom. The summed E-state index contributed by atoms with van der Waals surface area (Å²) in [6, 6.07) is 6.88. The van der Waals surface area contributed by atoms with E-state index < -0.39 is 0 Å². The highest BCUT2D eigenvalue weighted by Crippen LogP contribution is 2.46. The van der Waals surface area contributed by atoms with E-state index in [0.29, 0.717) is 12.0 Å². The monoisotopic (exact) mass is 295 g/mol. The SMILES string of the molecule is COc1ccc2c(c1)[C@@]1(C)CCCCCC(C2)[C@@H]1N.Cl. The highest BCUT2D eigenvalue weighted by molar-refractivity contribution is 5.85. The largest absolute Gasteiger partial charge is 0.497 e. The molecule has 0 spiro atoms. The minimum atomic E-state index is 0. The fraction of sp³-hybridized carbons (Fsp3) is 0.647. The molecule has 1 fully saturated rings. The van der Waals surface area contributed by atoms with Gasteiger partial charge in [-0.05, 0) is 48.4 Å². The van der Waals surface area contributed by atoms with Crippen LogP contribution in [0.15, 0.2) is 18.2 Å². The first-order chi connectivity index (χ1) is 9.15. The lowest BCUT2D eigenvalue weighted by atomic mass is 9.60. The molecule has 0 aliphatic heterocycles. The first-order valence-electron chi connectivity index (χ1n) is 7.58. The van der Waals surface area contributed by atoms with Crippen LogP contribution >= 0.6 is 12.4 Å². The van der Waals surface area contributed by atoms with Crippen LogP contribution in [-0.4, -0.2) is 13.2 Å². The zero-order chi connectivity index (χ0) is 13.5. The van der Waals surface area contributed by atoms with Gasteiger partial charge in [0.2, 0.25) is 0 Å². The highest BCUT2D eigenvalue weighted by Gasteiger charge is 2.43. The van der Waals surface area contributed by atoms with Crippen molar-refractivity contribution in [2.45, 2.75) is 56.9 Å². The van der Waals surface area contributed by atoms with Gasteiger partial charge >= 0.3 is 0 Å². The number of fused-ring (bicyclic) bond motifs is 4. The molecular weight excluding hydrogens is 270 g/mol. The fourth-order valence-corrected chi connectivity index (χ4v) is 4.16. The van der Waals surface area contributed by atoms with Gasteiger partial charge in [-0.3, -0.25) is 0 Å². The Kier molecular flexibility index (Phi) is 4.66. The van der Waals surface area contributed by atoms with E-state index in [4.69, 9.17) is 10.5 Å². The molecule has 1 unspecified atom stereocenters. The molecule has 1 aromatic rings. The Labute approximate surface area is 128 Å². The van der Waals surface area contributed by atoms with E-state index >= 15 is 0 Å². The van der Waals surface area contributed by atoms with E-state index in [-0.39, 0.29) is 17.8 Å². The van der Waals surface area contributed by atoms with E-state index in [0.717, 1.165) is 12.2 Å². The molecule has 0 aromatic heterocycles. The lowest BCUT2D eigenvalue weighted by molar-refractivity contribution is 0.201. The van der Waals surface area contributed by atoms with E-state index in [9.17, 15) is 0 Å². The van der Waals surface area contributed by atoms with Gasteiger partial charge in [0.05, 0.1) is 7.11 Å². The van der Waals surface area contributed by atoms with Gasteiger partial charge in [-0.15, -0.1) is 12.4 Å². The second-order valence-corrected chi connectivity index (χ2v) is 6.53. The minimum absolute atomic E-state index is 0. The fourth-order valence-electron chi connectivity index (χ4n) is 4.16. The van der Waals surface area contributed by atoms with Crippen LogP contribution in [0.1, 0.15) is 50.2 Å². The molecule has 1 aromatic carbocycles. The van der Waals surface area contributed by atoms with Crippen molar-refractivity contribution >= 4 is 12.4 Å². The van der Waals surface area contributed by atoms with Crippen LogP contribution in [0.25, 0.3) is 0 Å². The molecule has 2 nitrogen and oxygen atoms in total. The number of hydrogen-bond acceptors (Lipinski definition) is 2. The van der Waals surface area contributed by atoms with E-state index in [1.54, 1.807) is 7.11 Å². The maximum Gasteiger partial charge on any atom is 0.119 e. The highest BCUT2D eigenvalue weighted by atomic mass is 35.5. The molecule has 3 heteroatoms. The zero-order valence-electron chi connectivity index (χ0n) is 12.5. The second-order valence-electron chi connectivity index (χ2n) is 6.53. The first kappa shape index (κ1) is 15.7. The van der Waals surface area contributed by atoms with E-state index in [1.165, 1.54) is 43.2 Å². The van der Waals surface area contributed by atoms with Gasteiger partial charge in [-0.25, -0.2) is 0 Å². The second kappa shape index (κ2) is 5.95. The van der Waals surface area contributed by atoms with Gasteiger partial charge in [0.1, 0.15) is 5.75 Å². The number of halogens is 1. The maximum atomic E-state index is 6.65. The molecule has 3 atom stereocenters. The third kappa shape index (κ3) is 2.44. The van der Waals surface area contributed by atoms with Crippen LogP contribution in [-0.2, 0) is 11.8 Å². The lowest BCUT2D eigenvalue weighted by Crippen LogP contribution is -2.52.